The molecule has 0 unspecified atom stereocenters. The molecule has 0 saturated heterocycles. The van der Waals surface area contributed by atoms with Gasteiger partial charge in [-0.2, -0.15) is 0 Å². The van der Waals surface area contributed by atoms with E-state index in [2.05, 4.69) is 0 Å². The molecule has 92 valence electrons. The first-order valence-electron chi connectivity index (χ1n) is 5.70. The number of hydrogen-bond donors (Lipinski definition) is 0. The fourth-order valence-electron chi connectivity index (χ4n) is 1.23. The molecule has 0 aliphatic heterocycles. The molecule has 0 bridgehead atoms. The number of ketones is 1. The number of ether oxygens (including phenoxy) is 1. The lowest BCUT2D eigenvalue weighted by atomic mass is 9.90. The zero-order valence-corrected chi connectivity index (χ0v) is 10.7. The Labute approximate surface area is 102 Å². The van der Waals surface area contributed by atoms with Gasteiger partial charge in [-0.05, 0) is 39.3 Å². The summed E-state index contributed by atoms with van der Waals surface area (Å²) in [5, 5.41) is 0. The van der Waals surface area contributed by atoms with Crippen molar-refractivity contribution in [2.45, 2.75) is 34.1 Å². The van der Waals surface area contributed by atoms with Crippen LogP contribution in [0.25, 0.3) is 0 Å². The monoisotopic (exact) mass is 234 g/mol. The summed E-state index contributed by atoms with van der Waals surface area (Å²) < 4.78 is 5.30. The molecule has 0 atom stereocenters. The number of benzene rings is 1. The molecule has 0 N–H and O–H groups in total. The zero-order valence-electron chi connectivity index (χ0n) is 10.7. The van der Waals surface area contributed by atoms with Crippen LogP contribution in [0.1, 0.15) is 44.5 Å². The highest BCUT2D eigenvalue weighted by atomic mass is 16.5. The van der Waals surface area contributed by atoms with Crippen molar-refractivity contribution in [3.8, 4) is 5.75 Å². The fraction of sp³-hybridized carbons (Fsp3) is 0.429. The van der Waals surface area contributed by atoms with Gasteiger partial charge in [-0.1, -0.05) is 19.1 Å². The molecule has 0 heterocycles. The topological polar surface area (TPSA) is 43.4 Å². The average molecular weight is 234 g/mol. The molecule has 0 aliphatic carbocycles. The molecule has 3 nitrogen and oxygen atoms in total. The zero-order chi connectivity index (χ0) is 13.1. The lowest BCUT2D eigenvalue weighted by molar-refractivity contribution is -0.144. The van der Waals surface area contributed by atoms with E-state index < -0.39 is 5.41 Å². The maximum atomic E-state index is 11.9. The second-order valence-corrected chi connectivity index (χ2v) is 4.68. The maximum Gasteiger partial charge on any atom is 0.316 e. The van der Waals surface area contributed by atoms with Gasteiger partial charge in [0.15, 0.2) is 5.78 Å². The van der Waals surface area contributed by atoms with Crippen molar-refractivity contribution in [1.29, 1.82) is 0 Å². The van der Waals surface area contributed by atoms with Crippen molar-refractivity contribution >= 4 is 11.8 Å². The van der Waals surface area contributed by atoms with E-state index in [-0.39, 0.29) is 11.8 Å². The van der Waals surface area contributed by atoms with Crippen molar-refractivity contribution in [2.24, 2.45) is 5.41 Å². The van der Waals surface area contributed by atoms with Crippen LogP contribution in [0.3, 0.4) is 0 Å². The highest BCUT2D eigenvalue weighted by Gasteiger charge is 2.28. The standard InChI is InChI=1S/C14H18O3/c1-5-14(3,4)13(16)17-12-9-7-6-8-11(12)10(2)15/h6-9H,5H2,1-4H3. The second-order valence-electron chi connectivity index (χ2n) is 4.68. The molecule has 0 aromatic heterocycles. The Morgan fingerprint density at radius 3 is 2.35 bits per heavy atom. The molecule has 1 aromatic carbocycles. The molecule has 0 saturated carbocycles. The van der Waals surface area contributed by atoms with Crippen molar-refractivity contribution in [2.75, 3.05) is 0 Å². The minimum Gasteiger partial charge on any atom is -0.425 e. The fourth-order valence-corrected chi connectivity index (χ4v) is 1.23. The molecule has 0 radical (unpaired) electrons. The highest BCUT2D eigenvalue weighted by molar-refractivity contribution is 5.97. The van der Waals surface area contributed by atoms with Gasteiger partial charge in [-0.3, -0.25) is 9.59 Å². The molecular formula is C14H18O3. The van der Waals surface area contributed by atoms with Crippen molar-refractivity contribution in [1.82, 2.24) is 0 Å². The van der Waals surface area contributed by atoms with E-state index in [0.29, 0.717) is 17.7 Å². The van der Waals surface area contributed by atoms with Gasteiger partial charge in [0.05, 0.1) is 11.0 Å². The van der Waals surface area contributed by atoms with Crippen LogP contribution >= 0.6 is 0 Å². The van der Waals surface area contributed by atoms with E-state index in [1.54, 1.807) is 24.3 Å². The quantitative estimate of drug-likeness (QED) is 0.456. The number of carbonyl (C=O) groups excluding carboxylic acids is 2. The normalized spacial score (nSPS) is 11.1. The molecule has 1 aromatic rings. The average Bonchev–Trinajstić information content (AvgIpc) is 2.29. The maximum absolute atomic E-state index is 11.9. The lowest BCUT2D eigenvalue weighted by Gasteiger charge is -2.20. The number of esters is 1. The van der Waals surface area contributed by atoms with Gasteiger partial charge in [-0.25, -0.2) is 0 Å². The smallest absolute Gasteiger partial charge is 0.316 e. The Bertz CT molecular complexity index is 433. The summed E-state index contributed by atoms with van der Waals surface area (Å²) in [6.45, 7) is 7.03. The van der Waals surface area contributed by atoms with Crippen LogP contribution in [0, 0.1) is 5.41 Å². The van der Waals surface area contributed by atoms with Gasteiger partial charge >= 0.3 is 5.97 Å². The number of Topliss-reactive ketones (excluding diaryl/α,β-unsaturated/α-hetero) is 1. The van der Waals surface area contributed by atoms with Gasteiger partial charge in [-0.15, -0.1) is 0 Å². The molecule has 1 rings (SSSR count). The molecule has 0 aliphatic rings. The summed E-state index contributed by atoms with van der Waals surface area (Å²) >= 11 is 0. The lowest BCUT2D eigenvalue weighted by Crippen LogP contribution is -2.28. The Hall–Kier alpha value is -1.64. The van der Waals surface area contributed by atoms with Crippen LogP contribution in [0.15, 0.2) is 24.3 Å². The van der Waals surface area contributed by atoms with Crippen LogP contribution < -0.4 is 4.74 Å². The third-order valence-corrected chi connectivity index (χ3v) is 2.91. The first kappa shape index (κ1) is 13.4. The van der Waals surface area contributed by atoms with Crippen LogP contribution in [0.5, 0.6) is 5.75 Å². The van der Waals surface area contributed by atoms with E-state index in [1.165, 1.54) is 6.92 Å². The predicted octanol–water partition coefficient (Wildman–Crippen LogP) is 3.23. The third kappa shape index (κ3) is 3.16. The first-order chi connectivity index (χ1) is 7.88. The van der Waals surface area contributed by atoms with E-state index >= 15 is 0 Å². The number of para-hydroxylation sites is 1. The Balaban J connectivity index is 2.97. The Morgan fingerprint density at radius 1 is 1.24 bits per heavy atom. The minimum atomic E-state index is -0.538. The number of rotatable bonds is 4. The summed E-state index contributed by atoms with van der Waals surface area (Å²) in [4.78, 5) is 23.3. The summed E-state index contributed by atoms with van der Waals surface area (Å²) in [6.07, 6.45) is 0.689. The summed E-state index contributed by atoms with van der Waals surface area (Å²) in [5.74, 6) is -0.0806. The summed E-state index contributed by atoms with van der Waals surface area (Å²) in [6, 6.07) is 6.79. The molecule has 0 fully saturated rings. The van der Waals surface area contributed by atoms with Crippen LogP contribution in [0.2, 0.25) is 0 Å². The van der Waals surface area contributed by atoms with Crippen LogP contribution in [0.4, 0.5) is 0 Å². The second kappa shape index (κ2) is 5.13. The first-order valence-corrected chi connectivity index (χ1v) is 5.70. The Morgan fingerprint density at radius 2 is 1.82 bits per heavy atom. The van der Waals surface area contributed by atoms with Crippen LogP contribution in [-0.2, 0) is 4.79 Å². The van der Waals surface area contributed by atoms with E-state index in [4.69, 9.17) is 4.74 Å². The number of hydrogen-bond acceptors (Lipinski definition) is 3. The minimum absolute atomic E-state index is 0.109. The number of carbonyl (C=O) groups is 2. The van der Waals surface area contributed by atoms with Gasteiger partial charge < -0.3 is 4.74 Å². The van der Waals surface area contributed by atoms with E-state index in [1.807, 2.05) is 20.8 Å². The van der Waals surface area contributed by atoms with Gasteiger partial charge in [0.25, 0.3) is 0 Å². The SMILES string of the molecule is CCC(C)(C)C(=O)Oc1ccccc1C(C)=O. The van der Waals surface area contributed by atoms with E-state index in [0.717, 1.165) is 0 Å². The van der Waals surface area contributed by atoms with Crippen molar-refractivity contribution in [3.63, 3.8) is 0 Å². The van der Waals surface area contributed by atoms with Crippen molar-refractivity contribution in [3.05, 3.63) is 29.8 Å². The third-order valence-electron chi connectivity index (χ3n) is 2.91. The molecule has 0 spiro atoms. The van der Waals surface area contributed by atoms with Gasteiger partial charge in [0.1, 0.15) is 5.75 Å². The van der Waals surface area contributed by atoms with Gasteiger partial charge in [0.2, 0.25) is 0 Å². The van der Waals surface area contributed by atoms with Gasteiger partial charge in [0, 0.05) is 0 Å². The largest absolute Gasteiger partial charge is 0.425 e. The van der Waals surface area contributed by atoms with Crippen LogP contribution in [-0.4, -0.2) is 11.8 Å². The predicted molar refractivity (Wildman–Crippen MR) is 66.2 cm³/mol. The molecule has 0 amide bonds. The molecule has 3 heteroatoms. The molecular weight excluding hydrogens is 216 g/mol. The van der Waals surface area contributed by atoms with E-state index in [9.17, 15) is 9.59 Å². The highest BCUT2D eigenvalue weighted by Crippen LogP contribution is 2.25. The summed E-state index contributed by atoms with van der Waals surface area (Å²) in [7, 11) is 0. The summed E-state index contributed by atoms with van der Waals surface area (Å²) in [5.41, 5.74) is -0.100. The van der Waals surface area contributed by atoms with Crippen molar-refractivity contribution < 1.29 is 14.3 Å². The Kier molecular flexibility index (Phi) is 4.05. The molecule has 17 heavy (non-hydrogen) atoms.